The van der Waals surface area contributed by atoms with Crippen LogP contribution in [0.1, 0.15) is 33.0 Å². The summed E-state index contributed by atoms with van der Waals surface area (Å²) < 4.78 is 26.2. The zero-order valence-electron chi connectivity index (χ0n) is 11.5. The minimum Gasteiger partial charge on any atom is -0.388 e. The van der Waals surface area contributed by atoms with Gasteiger partial charge in [0.1, 0.15) is 5.82 Å². The summed E-state index contributed by atoms with van der Waals surface area (Å²) >= 11 is 0. The minimum atomic E-state index is -3.62. The van der Waals surface area contributed by atoms with Crippen LogP contribution >= 0.6 is 0 Å². The molecule has 0 aliphatic heterocycles. The van der Waals surface area contributed by atoms with Crippen LogP contribution in [0.3, 0.4) is 0 Å². The fourth-order valence-corrected chi connectivity index (χ4v) is 3.24. The van der Waals surface area contributed by atoms with Crippen molar-refractivity contribution in [1.29, 1.82) is 5.41 Å². The molecule has 4 N–H and O–H groups in total. The van der Waals surface area contributed by atoms with Gasteiger partial charge in [-0.15, -0.1) is 0 Å². The molecule has 0 radical (unpaired) electrons. The SMILES string of the molecule is CCc1ncc(S(=O)(=O)N(CCC(=N)N)C(C)C)[nH]1. The first-order valence-corrected chi connectivity index (χ1v) is 7.61. The lowest BCUT2D eigenvalue weighted by atomic mass is 10.3. The summed E-state index contributed by atoms with van der Waals surface area (Å²) in [6.45, 7) is 5.66. The predicted octanol–water partition coefficient (Wildman–Crippen LogP) is 0.697. The molecule has 7 nitrogen and oxygen atoms in total. The standard InChI is InChI=1S/C11H21N5O2S/c1-4-10-14-7-11(15-10)19(17,18)16(8(2)3)6-5-9(12)13/h7-8H,4-6H2,1-3H3,(H3,12,13)(H,14,15). The smallest absolute Gasteiger partial charge is 0.260 e. The van der Waals surface area contributed by atoms with Gasteiger partial charge in [-0.2, -0.15) is 4.31 Å². The highest BCUT2D eigenvalue weighted by Crippen LogP contribution is 2.17. The first-order chi connectivity index (χ1) is 8.78. The molecule has 0 aromatic carbocycles. The first-order valence-electron chi connectivity index (χ1n) is 6.17. The van der Waals surface area contributed by atoms with Crippen molar-refractivity contribution in [3.63, 3.8) is 0 Å². The zero-order chi connectivity index (χ0) is 14.6. The number of nitrogens with zero attached hydrogens (tertiary/aromatic N) is 2. The molecule has 0 saturated carbocycles. The second-order valence-corrected chi connectivity index (χ2v) is 6.39. The number of rotatable bonds is 7. The summed E-state index contributed by atoms with van der Waals surface area (Å²) in [6.07, 6.45) is 2.19. The normalized spacial score (nSPS) is 12.3. The molecule has 0 spiro atoms. The fraction of sp³-hybridized carbons (Fsp3) is 0.636. The Bertz CT molecular complexity index is 535. The van der Waals surface area contributed by atoms with Gasteiger partial charge in [0.2, 0.25) is 0 Å². The van der Waals surface area contributed by atoms with Crippen molar-refractivity contribution in [3.8, 4) is 0 Å². The molecule has 0 aliphatic carbocycles. The molecule has 1 aromatic heterocycles. The van der Waals surface area contributed by atoms with E-state index >= 15 is 0 Å². The summed E-state index contributed by atoms with van der Waals surface area (Å²) in [4.78, 5) is 6.81. The Hall–Kier alpha value is -1.41. The van der Waals surface area contributed by atoms with Gasteiger partial charge in [0.25, 0.3) is 10.0 Å². The third-order valence-corrected chi connectivity index (χ3v) is 4.69. The molecular formula is C11H21N5O2S. The third-order valence-electron chi connectivity index (χ3n) is 2.70. The van der Waals surface area contributed by atoms with Crippen molar-refractivity contribution < 1.29 is 8.42 Å². The van der Waals surface area contributed by atoms with Crippen LogP contribution in [0.5, 0.6) is 0 Å². The Balaban J connectivity index is 3.02. The molecule has 0 saturated heterocycles. The van der Waals surface area contributed by atoms with Crippen LogP contribution in [0, 0.1) is 5.41 Å². The van der Waals surface area contributed by atoms with Crippen molar-refractivity contribution in [1.82, 2.24) is 14.3 Å². The molecule has 0 aliphatic rings. The maximum Gasteiger partial charge on any atom is 0.260 e. The van der Waals surface area contributed by atoms with E-state index < -0.39 is 10.0 Å². The van der Waals surface area contributed by atoms with E-state index in [1.165, 1.54) is 10.5 Å². The van der Waals surface area contributed by atoms with Crippen LogP contribution in [0.25, 0.3) is 0 Å². The van der Waals surface area contributed by atoms with Crippen LogP contribution in [0.4, 0.5) is 0 Å². The predicted molar refractivity (Wildman–Crippen MR) is 73.5 cm³/mol. The van der Waals surface area contributed by atoms with Gasteiger partial charge >= 0.3 is 0 Å². The van der Waals surface area contributed by atoms with Gasteiger partial charge in [-0.1, -0.05) is 6.92 Å². The van der Waals surface area contributed by atoms with E-state index in [0.29, 0.717) is 12.2 Å². The van der Waals surface area contributed by atoms with Gasteiger partial charge in [-0.3, -0.25) is 5.41 Å². The highest BCUT2D eigenvalue weighted by atomic mass is 32.2. The highest BCUT2D eigenvalue weighted by molar-refractivity contribution is 7.89. The number of aromatic amines is 1. The van der Waals surface area contributed by atoms with E-state index in [1.54, 1.807) is 13.8 Å². The topological polar surface area (TPSA) is 116 Å². The Morgan fingerprint density at radius 2 is 2.21 bits per heavy atom. The highest BCUT2D eigenvalue weighted by Gasteiger charge is 2.28. The average Bonchev–Trinajstić information content (AvgIpc) is 2.76. The van der Waals surface area contributed by atoms with Crippen molar-refractivity contribution in [2.45, 2.75) is 44.7 Å². The first kappa shape index (κ1) is 15.6. The number of nitrogens with two attached hydrogens (primary N) is 1. The number of nitrogens with one attached hydrogen (secondary N) is 2. The van der Waals surface area contributed by atoms with E-state index in [2.05, 4.69) is 9.97 Å². The number of sulfonamides is 1. The molecular weight excluding hydrogens is 266 g/mol. The number of hydrogen-bond acceptors (Lipinski definition) is 4. The van der Waals surface area contributed by atoms with Gasteiger partial charge < -0.3 is 10.7 Å². The van der Waals surface area contributed by atoms with E-state index in [1.807, 2.05) is 6.92 Å². The quantitative estimate of drug-likeness (QED) is 0.505. The molecule has 19 heavy (non-hydrogen) atoms. The molecule has 0 fully saturated rings. The lowest BCUT2D eigenvalue weighted by Crippen LogP contribution is -2.39. The summed E-state index contributed by atoms with van der Waals surface area (Å²) in [7, 11) is -3.62. The molecule has 1 rings (SSSR count). The Labute approximate surface area is 113 Å². The number of imidazole rings is 1. The van der Waals surface area contributed by atoms with Gasteiger partial charge in [-0.25, -0.2) is 13.4 Å². The molecule has 0 unspecified atom stereocenters. The van der Waals surface area contributed by atoms with Crippen molar-refractivity contribution in [2.75, 3.05) is 6.54 Å². The van der Waals surface area contributed by atoms with Crippen LogP contribution in [-0.2, 0) is 16.4 Å². The maximum atomic E-state index is 12.5. The summed E-state index contributed by atoms with van der Waals surface area (Å²) in [5.74, 6) is 0.605. The van der Waals surface area contributed by atoms with E-state index in [9.17, 15) is 8.42 Å². The number of H-pyrrole nitrogens is 1. The maximum absolute atomic E-state index is 12.5. The molecule has 0 bridgehead atoms. The van der Waals surface area contributed by atoms with Crippen LogP contribution in [-0.4, -0.2) is 41.1 Å². The van der Waals surface area contributed by atoms with Gasteiger partial charge in [0.05, 0.1) is 12.0 Å². The Kier molecular flexibility index (Phi) is 5.07. The monoisotopic (exact) mass is 287 g/mol. The number of aryl methyl sites for hydroxylation is 1. The van der Waals surface area contributed by atoms with Crippen molar-refractivity contribution in [2.24, 2.45) is 5.73 Å². The third kappa shape index (κ3) is 3.77. The second kappa shape index (κ2) is 6.16. The van der Waals surface area contributed by atoms with Crippen LogP contribution in [0.15, 0.2) is 11.2 Å². The lowest BCUT2D eigenvalue weighted by molar-refractivity contribution is 0.360. The zero-order valence-corrected chi connectivity index (χ0v) is 12.3. The number of hydrogen-bond donors (Lipinski definition) is 3. The number of aromatic nitrogens is 2. The molecule has 0 amide bonds. The largest absolute Gasteiger partial charge is 0.388 e. The van der Waals surface area contributed by atoms with E-state index in [4.69, 9.17) is 11.1 Å². The summed E-state index contributed by atoms with van der Waals surface area (Å²) in [5.41, 5.74) is 5.29. The van der Waals surface area contributed by atoms with Crippen LogP contribution < -0.4 is 5.73 Å². The van der Waals surface area contributed by atoms with Gasteiger partial charge in [0.15, 0.2) is 5.03 Å². The second-order valence-electron chi connectivity index (χ2n) is 4.53. The summed E-state index contributed by atoms with van der Waals surface area (Å²) in [6, 6.07) is -0.210. The Morgan fingerprint density at radius 1 is 1.58 bits per heavy atom. The fourth-order valence-electron chi connectivity index (χ4n) is 1.67. The van der Waals surface area contributed by atoms with E-state index in [0.717, 1.165) is 0 Å². The molecule has 8 heteroatoms. The van der Waals surface area contributed by atoms with Crippen molar-refractivity contribution >= 4 is 15.9 Å². The van der Waals surface area contributed by atoms with Gasteiger partial charge in [-0.05, 0) is 13.8 Å². The molecule has 108 valence electrons. The minimum absolute atomic E-state index is 0.0280. The molecule has 1 heterocycles. The number of amidine groups is 1. The molecule has 0 atom stereocenters. The summed E-state index contributed by atoms with van der Waals surface area (Å²) in [5, 5.41) is 7.29. The lowest BCUT2D eigenvalue weighted by Gasteiger charge is -2.24. The Morgan fingerprint density at radius 3 is 2.63 bits per heavy atom. The van der Waals surface area contributed by atoms with Crippen molar-refractivity contribution in [3.05, 3.63) is 12.0 Å². The van der Waals surface area contributed by atoms with E-state index in [-0.39, 0.29) is 29.9 Å². The molecule has 1 aromatic rings. The van der Waals surface area contributed by atoms with Crippen LogP contribution in [0.2, 0.25) is 0 Å². The average molecular weight is 287 g/mol. The van der Waals surface area contributed by atoms with Gasteiger partial charge in [0, 0.05) is 25.4 Å².